The molecule has 0 amide bonds. The fraction of sp³-hybridized carbons (Fsp3) is 0.647. The molecule has 0 atom stereocenters. The summed E-state index contributed by atoms with van der Waals surface area (Å²) in [5.41, 5.74) is 1.03. The minimum absolute atomic E-state index is 0.231. The van der Waals surface area contributed by atoms with Gasteiger partial charge in [-0.2, -0.15) is 8.42 Å². The van der Waals surface area contributed by atoms with Gasteiger partial charge in [0.1, 0.15) is 0 Å². The van der Waals surface area contributed by atoms with Crippen LogP contribution in [0, 0.1) is 12.8 Å². The van der Waals surface area contributed by atoms with E-state index >= 15 is 0 Å². The number of benzene rings is 1. The Labute approximate surface area is 134 Å². The van der Waals surface area contributed by atoms with E-state index in [1.807, 2.05) is 20.8 Å². The molecule has 0 unspecified atom stereocenters. The van der Waals surface area contributed by atoms with Crippen molar-refractivity contribution in [1.29, 1.82) is 0 Å². The van der Waals surface area contributed by atoms with Crippen LogP contribution in [-0.2, 0) is 19.0 Å². The Morgan fingerprint density at radius 1 is 1.09 bits per heavy atom. The third-order valence-corrected chi connectivity index (χ3v) is 5.32. The Morgan fingerprint density at radius 2 is 1.68 bits per heavy atom. The van der Waals surface area contributed by atoms with Gasteiger partial charge in [-0.25, -0.2) is 0 Å². The number of hydrogen-bond acceptors (Lipinski definition) is 4. The van der Waals surface area contributed by atoms with Gasteiger partial charge in [-0.15, -0.1) is 0 Å². The first kappa shape index (κ1) is 17.4. The SMILES string of the molecule is Cc1ccc(S(=O)(=O)OCC2CCC(OC(C)C)CC2)cc1. The second-order valence-corrected chi connectivity index (χ2v) is 7.99. The number of rotatable bonds is 6. The summed E-state index contributed by atoms with van der Waals surface area (Å²) in [5.74, 6) is 0.298. The van der Waals surface area contributed by atoms with Crippen molar-refractivity contribution in [1.82, 2.24) is 0 Å². The molecule has 1 aromatic carbocycles. The van der Waals surface area contributed by atoms with Crippen LogP contribution in [0.15, 0.2) is 29.2 Å². The Morgan fingerprint density at radius 3 is 2.23 bits per heavy atom. The first-order chi connectivity index (χ1) is 10.4. The van der Waals surface area contributed by atoms with Crippen LogP contribution < -0.4 is 0 Å². The molecule has 1 fully saturated rings. The summed E-state index contributed by atoms with van der Waals surface area (Å²) in [5, 5.41) is 0. The largest absolute Gasteiger partial charge is 0.376 e. The molecule has 0 heterocycles. The molecule has 0 N–H and O–H groups in total. The van der Waals surface area contributed by atoms with E-state index in [4.69, 9.17) is 8.92 Å². The summed E-state index contributed by atoms with van der Waals surface area (Å²) >= 11 is 0. The lowest BCUT2D eigenvalue weighted by molar-refractivity contribution is -0.0226. The lowest BCUT2D eigenvalue weighted by Gasteiger charge is -2.29. The van der Waals surface area contributed by atoms with E-state index in [1.54, 1.807) is 24.3 Å². The summed E-state index contributed by atoms with van der Waals surface area (Å²) in [6.45, 7) is 6.28. The van der Waals surface area contributed by atoms with Crippen LogP contribution in [0.4, 0.5) is 0 Å². The third-order valence-electron chi connectivity index (χ3n) is 4.03. The molecule has 0 bridgehead atoms. The van der Waals surface area contributed by atoms with E-state index in [-0.39, 0.29) is 17.6 Å². The van der Waals surface area contributed by atoms with Gasteiger partial charge in [-0.05, 0) is 64.5 Å². The van der Waals surface area contributed by atoms with Crippen molar-refractivity contribution in [3.8, 4) is 0 Å². The summed E-state index contributed by atoms with van der Waals surface area (Å²) in [6.07, 6.45) is 4.44. The highest BCUT2D eigenvalue weighted by Gasteiger charge is 2.25. The van der Waals surface area contributed by atoms with Crippen LogP contribution in [0.1, 0.15) is 45.1 Å². The lowest BCUT2D eigenvalue weighted by Crippen LogP contribution is -2.27. The maximum absolute atomic E-state index is 12.1. The molecular weight excluding hydrogens is 300 g/mol. The van der Waals surface area contributed by atoms with Gasteiger partial charge >= 0.3 is 0 Å². The van der Waals surface area contributed by atoms with Gasteiger partial charge in [0.05, 0.1) is 23.7 Å². The zero-order chi connectivity index (χ0) is 16.2. The van der Waals surface area contributed by atoms with Gasteiger partial charge in [-0.3, -0.25) is 4.18 Å². The third kappa shape index (κ3) is 5.07. The molecule has 0 aliphatic heterocycles. The predicted octanol–water partition coefficient (Wildman–Crippen LogP) is 3.68. The van der Waals surface area contributed by atoms with Crippen LogP contribution in [-0.4, -0.2) is 27.2 Å². The molecule has 2 rings (SSSR count). The van der Waals surface area contributed by atoms with Gasteiger partial charge in [0.2, 0.25) is 0 Å². The molecule has 0 saturated heterocycles. The monoisotopic (exact) mass is 326 g/mol. The zero-order valence-corrected chi connectivity index (χ0v) is 14.4. The summed E-state index contributed by atoms with van der Waals surface area (Å²) < 4.78 is 35.3. The Bertz CT molecular complexity index is 555. The van der Waals surface area contributed by atoms with Crippen molar-refractivity contribution in [2.24, 2.45) is 5.92 Å². The maximum atomic E-state index is 12.1. The quantitative estimate of drug-likeness (QED) is 0.748. The molecule has 124 valence electrons. The number of aryl methyl sites for hydroxylation is 1. The zero-order valence-electron chi connectivity index (χ0n) is 13.6. The normalized spacial score (nSPS) is 22.9. The van der Waals surface area contributed by atoms with E-state index < -0.39 is 10.1 Å². The van der Waals surface area contributed by atoms with Crippen LogP contribution in [0.5, 0.6) is 0 Å². The van der Waals surface area contributed by atoms with Crippen molar-refractivity contribution in [2.45, 2.75) is 63.6 Å². The molecule has 4 nitrogen and oxygen atoms in total. The predicted molar refractivity (Wildman–Crippen MR) is 86.3 cm³/mol. The van der Waals surface area contributed by atoms with Crippen molar-refractivity contribution >= 4 is 10.1 Å². The first-order valence-electron chi connectivity index (χ1n) is 7.98. The van der Waals surface area contributed by atoms with E-state index in [1.165, 1.54) is 0 Å². The summed E-state index contributed by atoms with van der Waals surface area (Å²) in [6, 6.07) is 6.76. The van der Waals surface area contributed by atoms with E-state index in [9.17, 15) is 8.42 Å². The van der Waals surface area contributed by atoms with Gasteiger partial charge in [-0.1, -0.05) is 17.7 Å². The highest BCUT2D eigenvalue weighted by molar-refractivity contribution is 7.86. The fourth-order valence-electron chi connectivity index (χ4n) is 2.78. The Hall–Kier alpha value is -0.910. The van der Waals surface area contributed by atoms with E-state index in [0.717, 1.165) is 31.2 Å². The minimum atomic E-state index is -3.64. The first-order valence-corrected chi connectivity index (χ1v) is 9.39. The van der Waals surface area contributed by atoms with Crippen LogP contribution in [0.25, 0.3) is 0 Å². The highest BCUT2D eigenvalue weighted by Crippen LogP contribution is 2.28. The van der Waals surface area contributed by atoms with Crippen molar-refractivity contribution in [3.05, 3.63) is 29.8 Å². The summed E-state index contributed by atoms with van der Waals surface area (Å²) in [7, 11) is -3.64. The van der Waals surface area contributed by atoms with Crippen molar-refractivity contribution < 1.29 is 17.3 Å². The molecule has 0 aromatic heterocycles. The van der Waals surface area contributed by atoms with Gasteiger partial charge < -0.3 is 4.74 Å². The fourth-order valence-corrected chi connectivity index (χ4v) is 3.76. The summed E-state index contributed by atoms with van der Waals surface area (Å²) in [4.78, 5) is 0.231. The van der Waals surface area contributed by atoms with Gasteiger partial charge in [0.25, 0.3) is 10.1 Å². The molecule has 1 aliphatic carbocycles. The molecule has 22 heavy (non-hydrogen) atoms. The smallest absolute Gasteiger partial charge is 0.296 e. The highest BCUT2D eigenvalue weighted by atomic mass is 32.2. The van der Waals surface area contributed by atoms with Crippen molar-refractivity contribution in [3.63, 3.8) is 0 Å². The molecular formula is C17H26O4S. The van der Waals surface area contributed by atoms with Gasteiger partial charge in [0, 0.05) is 0 Å². The van der Waals surface area contributed by atoms with Crippen LogP contribution in [0.2, 0.25) is 0 Å². The van der Waals surface area contributed by atoms with Gasteiger partial charge in [0.15, 0.2) is 0 Å². The maximum Gasteiger partial charge on any atom is 0.296 e. The standard InChI is InChI=1S/C17H26O4S/c1-13(2)21-16-8-6-15(7-9-16)12-20-22(18,19)17-10-4-14(3)5-11-17/h4-5,10-11,13,15-16H,6-9,12H2,1-3H3. The number of hydrogen-bond donors (Lipinski definition) is 0. The second-order valence-electron chi connectivity index (χ2n) is 6.38. The molecule has 1 saturated carbocycles. The minimum Gasteiger partial charge on any atom is -0.376 e. The van der Waals surface area contributed by atoms with Crippen LogP contribution >= 0.6 is 0 Å². The molecule has 1 aromatic rings. The molecule has 0 radical (unpaired) electrons. The van der Waals surface area contributed by atoms with Crippen molar-refractivity contribution in [2.75, 3.05) is 6.61 Å². The topological polar surface area (TPSA) is 52.6 Å². The average Bonchev–Trinajstić information content (AvgIpc) is 2.46. The number of ether oxygens (including phenoxy) is 1. The second kappa shape index (κ2) is 7.57. The van der Waals surface area contributed by atoms with E-state index in [0.29, 0.717) is 12.0 Å². The molecule has 1 aliphatic rings. The lowest BCUT2D eigenvalue weighted by atomic mass is 9.88. The van der Waals surface area contributed by atoms with Crippen LogP contribution in [0.3, 0.4) is 0 Å². The Balaban J connectivity index is 1.82. The van der Waals surface area contributed by atoms with E-state index in [2.05, 4.69) is 0 Å². The molecule has 5 heteroatoms. The average molecular weight is 326 g/mol. The molecule has 0 spiro atoms. The Kier molecular flexibility index (Phi) is 6.01.